The minimum Gasteiger partial charge on any atom is -0.478 e. The zero-order chi connectivity index (χ0) is 14.7. The highest BCUT2D eigenvalue weighted by molar-refractivity contribution is 5.91. The van der Waals surface area contributed by atoms with Gasteiger partial charge < -0.3 is 9.52 Å². The van der Waals surface area contributed by atoms with Crippen molar-refractivity contribution < 1.29 is 14.3 Å². The fourth-order valence-corrected chi connectivity index (χ4v) is 2.30. The van der Waals surface area contributed by atoms with Crippen molar-refractivity contribution in [3.05, 3.63) is 65.5 Å². The van der Waals surface area contributed by atoms with Crippen LogP contribution < -0.4 is 0 Å². The highest BCUT2D eigenvalue weighted by atomic mass is 16.4. The summed E-state index contributed by atoms with van der Waals surface area (Å²) in [6.07, 6.45) is 2.66. The standard InChI is InChI=1S/C17H15NO3/c19-17(20)13-9-10-15-14(11-13)18-16(21-15)8-4-7-12-5-2-1-3-6-12/h1-3,5-6,9-11H,4,7-8H2,(H,19,20). The summed E-state index contributed by atoms with van der Waals surface area (Å²) >= 11 is 0. The maximum Gasteiger partial charge on any atom is 0.335 e. The Morgan fingerprint density at radius 1 is 1.10 bits per heavy atom. The summed E-state index contributed by atoms with van der Waals surface area (Å²) in [6.45, 7) is 0. The van der Waals surface area contributed by atoms with E-state index in [0.29, 0.717) is 17.0 Å². The molecule has 0 aliphatic carbocycles. The molecule has 2 aromatic carbocycles. The Morgan fingerprint density at radius 2 is 1.90 bits per heavy atom. The molecule has 0 spiro atoms. The third-order valence-electron chi connectivity index (χ3n) is 3.38. The van der Waals surface area contributed by atoms with Crippen molar-refractivity contribution >= 4 is 17.1 Å². The number of carboxylic acids is 1. The van der Waals surface area contributed by atoms with Crippen LogP contribution in [-0.4, -0.2) is 16.1 Å². The molecule has 4 heteroatoms. The molecule has 0 amide bonds. The molecule has 0 fully saturated rings. The lowest BCUT2D eigenvalue weighted by Crippen LogP contribution is -1.94. The van der Waals surface area contributed by atoms with E-state index in [0.717, 1.165) is 19.3 Å². The largest absolute Gasteiger partial charge is 0.478 e. The number of hydrogen-bond donors (Lipinski definition) is 1. The van der Waals surface area contributed by atoms with E-state index in [2.05, 4.69) is 17.1 Å². The lowest BCUT2D eigenvalue weighted by atomic mass is 10.1. The van der Waals surface area contributed by atoms with Crippen molar-refractivity contribution in [1.82, 2.24) is 4.98 Å². The van der Waals surface area contributed by atoms with Crippen LogP contribution in [0.15, 0.2) is 52.9 Å². The molecule has 1 heterocycles. The first-order valence-corrected chi connectivity index (χ1v) is 6.89. The van der Waals surface area contributed by atoms with E-state index in [1.165, 1.54) is 11.6 Å². The zero-order valence-corrected chi connectivity index (χ0v) is 11.5. The van der Waals surface area contributed by atoms with E-state index in [1.54, 1.807) is 12.1 Å². The van der Waals surface area contributed by atoms with Gasteiger partial charge in [0.2, 0.25) is 0 Å². The van der Waals surface area contributed by atoms with Crippen molar-refractivity contribution in [3.63, 3.8) is 0 Å². The van der Waals surface area contributed by atoms with Crippen LogP contribution in [0.4, 0.5) is 0 Å². The molecule has 0 radical (unpaired) electrons. The van der Waals surface area contributed by atoms with Gasteiger partial charge in [0.25, 0.3) is 0 Å². The second-order valence-electron chi connectivity index (χ2n) is 4.93. The van der Waals surface area contributed by atoms with E-state index in [1.807, 2.05) is 18.2 Å². The van der Waals surface area contributed by atoms with Crippen molar-refractivity contribution in [2.45, 2.75) is 19.3 Å². The predicted molar refractivity (Wildman–Crippen MR) is 79.4 cm³/mol. The average molecular weight is 281 g/mol. The molecule has 1 N–H and O–H groups in total. The first-order chi connectivity index (χ1) is 10.2. The van der Waals surface area contributed by atoms with Gasteiger partial charge in [-0.05, 0) is 36.6 Å². The van der Waals surface area contributed by atoms with Crippen molar-refractivity contribution in [2.75, 3.05) is 0 Å². The quantitative estimate of drug-likeness (QED) is 0.774. The van der Waals surface area contributed by atoms with Gasteiger partial charge in [-0.2, -0.15) is 0 Å². The number of aromatic nitrogens is 1. The summed E-state index contributed by atoms with van der Waals surface area (Å²) < 4.78 is 5.64. The molecule has 1 aromatic heterocycles. The van der Waals surface area contributed by atoms with E-state index in [9.17, 15) is 4.79 Å². The molecule has 106 valence electrons. The second-order valence-corrected chi connectivity index (χ2v) is 4.93. The lowest BCUT2D eigenvalue weighted by molar-refractivity contribution is 0.0697. The maximum absolute atomic E-state index is 10.9. The Morgan fingerprint density at radius 3 is 2.67 bits per heavy atom. The monoisotopic (exact) mass is 281 g/mol. The van der Waals surface area contributed by atoms with Crippen LogP contribution in [0, 0.1) is 0 Å². The van der Waals surface area contributed by atoms with Crippen molar-refractivity contribution in [3.8, 4) is 0 Å². The number of nitrogens with zero attached hydrogens (tertiary/aromatic N) is 1. The molecule has 0 bridgehead atoms. The fraction of sp³-hybridized carbons (Fsp3) is 0.176. The highest BCUT2D eigenvalue weighted by Crippen LogP contribution is 2.18. The number of benzene rings is 2. The molecule has 3 rings (SSSR count). The molecule has 0 saturated carbocycles. The molecule has 21 heavy (non-hydrogen) atoms. The van der Waals surface area contributed by atoms with E-state index in [-0.39, 0.29) is 5.56 Å². The molecule has 0 aliphatic rings. The SMILES string of the molecule is O=C(O)c1ccc2oc(CCCc3ccccc3)nc2c1. The summed E-state index contributed by atoms with van der Waals surface area (Å²) in [5.41, 5.74) is 2.76. The molecule has 4 nitrogen and oxygen atoms in total. The molecule has 3 aromatic rings. The third-order valence-corrected chi connectivity index (χ3v) is 3.38. The third kappa shape index (κ3) is 3.11. The average Bonchev–Trinajstić information content (AvgIpc) is 2.90. The Hall–Kier alpha value is -2.62. The number of rotatable bonds is 5. The molecule has 0 aliphatic heterocycles. The van der Waals surface area contributed by atoms with Gasteiger partial charge in [0.05, 0.1) is 5.56 Å². The molecule has 0 saturated heterocycles. The van der Waals surface area contributed by atoms with Gasteiger partial charge in [-0.15, -0.1) is 0 Å². The van der Waals surface area contributed by atoms with Crippen LogP contribution in [0.25, 0.3) is 11.1 Å². The highest BCUT2D eigenvalue weighted by Gasteiger charge is 2.09. The number of carbonyl (C=O) groups is 1. The van der Waals surface area contributed by atoms with E-state index >= 15 is 0 Å². The minimum atomic E-state index is -0.953. The van der Waals surface area contributed by atoms with Gasteiger partial charge in [0.1, 0.15) is 5.52 Å². The number of oxazole rings is 1. The topological polar surface area (TPSA) is 63.3 Å². The number of carboxylic acid groups (broad SMARTS) is 1. The van der Waals surface area contributed by atoms with Crippen LogP contribution in [0.1, 0.15) is 28.2 Å². The lowest BCUT2D eigenvalue weighted by Gasteiger charge is -1.98. The van der Waals surface area contributed by atoms with Gasteiger partial charge in [0, 0.05) is 6.42 Å². The number of fused-ring (bicyclic) bond motifs is 1. The summed E-state index contributed by atoms with van der Waals surface area (Å²) in [5.74, 6) is -0.297. The summed E-state index contributed by atoms with van der Waals surface area (Å²) in [4.78, 5) is 15.3. The van der Waals surface area contributed by atoms with Crippen LogP contribution in [0.5, 0.6) is 0 Å². The first-order valence-electron chi connectivity index (χ1n) is 6.89. The van der Waals surface area contributed by atoms with Gasteiger partial charge in [-0.1, -0.05) is 30.3 Å². The Labute approximate surface area is 122 Å². The number of aryl methyl sites for hydroxylation is 2. The Bertz CT molecular complexity index is 762. The second kappa shape index (κ2) is 5.79. The summed E-state index contributed by atoms with van der Waals surface area (Å²) in [6, 6.07) is 15.0. The molecule has 0 atom stereocenters. The molecule has 0 unspecified atom stereocenters. The zero-order valence-electron chi connectivity index (χ0n) is 11.5. The van der Waals surface area contributed by atoms with Crippen LogP contribution >= 0.6 is 0 Å². The van der Waals surface area contributed by atoms with Crippen LogP contribution in [0.2, 0.25) is 0 Å². The number of aromatic carboxylic acids is 1. The van der Waals surface area contributed by atoms with E-state index < -0.39 is 5.97 Å². The van der Waals surface area contributed by atoms with Gasteiger partial charge in [-0.3, -0.25) is 0 Å². The predicted octanol–water partition coefficient (Wildman–Crippen LogP) is 3.70. The molecular weight excluding hydrogens is 266 g/mol. The Balaban J connectivity index is 1.68. The van der Waals surface area contributed by atoms with Crippen LogP contribution in [-0.2, 0) is 12.8 Å². The van der Waals surface area contributed by atoms with Gasteiger partial charge in [-0.25, -0.2) is 9.78 Å². The summed E-state index contributed by atoms with van der Waals surface area (Å²) in [5, 5.41) is 8.96. The first kappa shape index (κ1) is 13.4. The van der Waals surface area contributed by atoms with Gasteiger partial charge >= 0.3 is 5.97 Å². The molecular formula is C17H15NO3. The number of hydrogen-bond acceptors (Lipinski definition) is 3. The van der Waals surface area contributed by atoms with Crippen molar-refractivity contribution in [2.24, 2.45) is 0 Å². The fourth-order valence-electron chi connectivity index (χ4n) is 2.30. The maximum atomic E-state index is 10.9. The van der Waals surface area contributed by atoms with Gasteiger partial charge in [0.15, 0.2) is 11.5 Å². The normalized spacial score (nSPS) is 10.9. The Kier molecular flexibility index (Phi) is 3.69. The smallest absolute Gasteiger partial charge is 0.335 e. The van der Waals surface area contributed by atoms with E-state index in [4.69, 9.17) is 9.52 Å². The minimum absolute atomic E-state index is 0.228. The summed E-state index contributed by atoms with van der Waals surface area (Å²) in [7, 11) is 0. The van der Waals surface area contributed by atoms with Crippen LogP contribution in [0.3, 0.4) is 0 Å². The van der Waals surface area contributed by atoms with Crippen molar-refractivity contribution in [1.29, 1.82) is 0 Å².